The number of hydrogen-bond acceptors (Lipinski definition) is 4. The fraction of sp³-hybridized carbons (Fsp3) is 0.600. The Balaban J connectivity index is 2.34. The number of nitrogens with one attached hydrogen (secondary N) is 1. The van der Waals surface area contributed by atoms with Crippen molar-refractivity contribution < 1.29 is 14.9 Å². The summed E-state index contributed by atoms with van der Waals surface area (Å²) in [5.74, 6) is 0.890. The van der Waals surface area contributed by atoms with E-state index < -0.39 is 6.10 Å². The lowest BCUT2D eigenvalue weighted by Gasteiger charge is -2.21. The molecule has 0 spiro atoms. The highest BCUT2D eigenvalue weighted by molar-refractivity contribution is 9.10. The third kappa shape index (κ3) is 5.79. The minimum atomic E-state index is -0.587. The van der Waals surface area contributed by atoms with Gasteiger partial charge in [-0.05, 0) is 53.4 Å². The van der Waals surface area contributed by atoms with Gasteiger partial charge in [-0.15, -0.1) is 0 Å². The molecule has 0 saturated heterocycles. The van der Waals surface area contributed by atoms with Crippen LogP contribution in [-0.4, -0.2) is 42.1 Å². The van der Waals surface area contributed by atoms with Crippen LogP contribution in [0.2, 0.25) is 0 Å². The predicted octanol–water partition coefficient (Wildman–Crippen LogP) is 2.10. The molecule has 0 saturated carbocycles. The first-order valence-corrected chi connectivity index (χ1v) is 7.64. The molecule has 0 aliphatic heterocycles. The van der Waals surface area contributed by atoms with Crippen LogP contribution in [0.3, 0.4) is 0 Å². The van der Waals surface area contributed by atoms with Crippen molar-refractivity contribution >= 4 is 15.9 Å². The zero-order chi connectivity index (χ0) is 15.1. The van der Waals surface area contributed by atoms with Crippen LogP contribution < -0.4 is 10.1 Å². The molecule has 4 nitrogen and oxygen atoms in total. The summed E-state index contributed by atoms with van der Waals surface area (Å²) in [5.41, 5.74) is 1.15. The number of ether oxygens (including phenoxy) is 1. The van der Waals surface area contributed by atoms with Crippen LogP contribution in [-0.2, 0) is 0 Å². The van der Waals surface area contributed by atoms with E-state index in [1.807, 2.05) is 39.0 Å². The van der Waals surface area contributed by atoms with Crippen LogP contribution in [0.25, 0.3) is 0 Å². The maximum atomic E-state index is 9.89. The van der Waals surface area contributed by atoms with Gasteiger partial charge in [-0.3, -0.25) is 0 Å². The zero-order valence-electron chi connectivity index (χ0n) is 12.3. The lowest BCUT2D eigenvalue weighted by atomic mass is 10.1. The van der Waals surface area contributed by atoms with E-state index in [9.17, 15) is 5.11 Å². The van der Waals surface area contributed by atoms with E-state index in [2.05, 4.69) is 21.2 Å². The third-order valence-corrected chi connectivity index (χ3v) is 3.96. The monoisotopic (exact) mass is 345 g/mol. The molecule has 1 aromatic rings. The second-order valence-corrected chi connectivity index (χ2v) is 6.11. The molecule has 3 atom stereocenters. The van der Waals surface area contributed by atoms with E-state index in [1.165, 1.54) is 0 Å². The van der Waals surface area contributed by atoms with Crippen LogP contribution in [0.15, 0.2) is 22.7 Å². The van der Waals surface area contributed by atoms with Gasteiger partial charge in [0.15, 0.2) is 0 Å². The van der Waals surface area contributed by atoms with Crippen molar-refractivity contribution in [2.75, 3.05) is 19.8 Å². The van der Waals surface area contributed by atoms with Gasteiger partial charge < -0.3 is 20.3 Å². The first kappa shape index (κ1) is 17.4. The molecule has 0 bridgehead atoms. The largest absolute Gasteiger partial charge is 0.490 e. The molecular weight excluding hydrogens is 322 g/mol. The zero-order valence-corrected chi connectivity index (χ0v) is 13.9. The van der Waals surface area contributed by atoms with E-state index in [-0.39, 0.29) is 25.2 Å². The highest BCUT2D eigenvalue weighted by atomic mass is 79.9. The lowest BCUT2D eigenvalue weighted by molar-refractivity contribution is 0.0989. The van der Waals surface area contributed by atoms with Crippen LogP contribution >= 0.6 is 15.9 Å². The average molecular weight is 346 g/mol. The summed E-state index contributed by atoms with van der Waals surface area (Å²) >= 11 is 3.44. The quantitative estimate of drug-likeness (QED) is 0.675. The molecule has 0 amide bonds. The van der Waals surface area contributed by atoms with Gasteiger partial charge in [0, 0.05) is 19.2 Å². The first-order valence-electron chi connectivity index (χ1n) is 6.85. The maximum absolute atomic E-state index is 9.89. The normalized spacial score (nSPS) is 15.7. The summed E-state index contributed by atoms with van der Waals surface area (Å²) in [7, 11) is 0. The minimum absolute atomic E-state index is 0.136. The van der Waals surface area contributed by atoms with Crippen molar-refractivity contribution in [3.8, 4) is 5.75 Å². The summed E-state index contributed by atoms with van der Waals surface area (Å²) in [6.45, 7) is 6.77. The molecule has 0 radical (unpaired) electrons. The van der Waals surface area contributed by atoms with Gasteiger partial charge in [-0.2, -0.15) is 0 Å². The van der Waals surface area contributed by atoms with Crippen molar-refractivity contribution in [1.29, 1.82) is 0 Å². The number of rotatable bonds is 8. The van der Waals surface area contributed by atoms with Crippen molar-refractivity contribution in [3.05, 3.63) is 28.2 Å². The van der Waals surface area contributed by atoms with Crippen LogP contribution in [0.5, 0.6) is 5.75 Å². The number of aliphatic hydroxyl groups excluding tert-OH is 2. The van der Waals surface area contributed by atoms with E-state index in [0.29, 0.717) is 6.54 Å². The minimum Gasteiger partial charge on any atom is -0.490 e. The first-order chi connectivity index (χ1) is 9.43. The van der Waals surface area contributed by atoms with Crippen molar-refractivity contribution in [1.82, 2.24) is 5.32 Å². The van der Waals surface area contributed by atoms with Gasteiger partial charge in [0.25, 0.3) is 0 Å². The SMILES string of the molecule is Cc1ccc(OCC(O)CNC(C)C(C)CO)c(Br)c1. The third-order valence-electron chi connectivity index (χ3n) is 3.34. The molecule has 0 aromatic heterocycles. The summed E-state index contributed by atoms with van der Waals surface area (Å²) in [4.78, 5) is 0. The Morgan fingerprint density at radius 3 is 2.65 bits per heavy atom. The van der Waals surface area contributed by atoms with Crippen molar-refractivity contribution in [2.24, 2.45) is 5.92 Å². The molecule has 0 fully saturated rings. The van der Waals surface area contributed by atoms with Crippen LogP contribution in [0.1, 0.15) is 19.4 Å². The standard InChI is InChI=1S/C15H24BrNO3/c1-10-4-5-15(14(16)6-10)20-9-13(19)7-17-12(3)11(2)8-18/h4-6,11-13,17-19H,7-9H2,1-3H3. The topological polar surface area (TPSA) is 61.7 Å². The summed E-state index contributed by atoms with van der Waals surface area (Å²) in [6.07, 6.45) is -0.587. The Morgan fingerprint density at radius 2 is 2.05 bits per heavy atom. The second kappa shape index (κ2) is 8.62. The lowest BCUT2D eigenvalue weighted by Crippen LogP contribution is -2.40. The summed E-state index contributed by atoms with van der Waals surface area (Å²) in [6, 6.07) is 5.98. The van der Waals surface area contributed by atoms with Gasteiger partial charge >= 0.3 is 0 Å². The Labute approximate surface area is 129 Å². The van der Waals surface area contributed by atoms with Gasteiger partial charge in [0.1, 0.15) is 18.5 Å². The van der Waals surface area contributed by atoms with Gasteiger partial charge in [-0.1, -0.05) is 13.0 Å². The Hall–Kier alpha value is -0.620. The smallest absolute Gasteiger partial charge is 0.133 e. The molecule has 114 valence electrons. The highest BCUT2D eigenvalue weighted by Crippen LogP contribution is 2.25. The molecule has 0 heterocycles. The van der Waals surface area contributed by atoms with E-state index in [1.54, 1.807) is 0 Å². The average Bonchev–Trinajstić information content (AvgIpc) is 2.42. The van der Waals surface area contributed by atoms with E-state index >= 15 is 0 Å². The van der Waals surface area contributed by atoms with Crippen molar-refractivity contribution in [2.45, 2.75) is 32.9 Å². The van der Waals surface area contributed by atoms with Crippen LogP contribution in [0.4, 0.5) is 0 Å². The number of benzene rings is 1. The fourth-order valence-corrected chi connectivity index (χ4v) is 2.26. The molecule has 20 heavy (non-hydrogen) atoms. The van der Waals surface area contributed by atoms with Crippen LogP contribution in [0, 0.1) is 12.8 Å². The number of aliphatic hydroxyl groups is 2. The Kier molecular flexibility index (Phi) is 7.51. The Morgan fingerprint density at radius 1 is 1.35 bits per heavy atom. The summed E-state index contributed by atoms with van der Waals surface area (Å²) in [5, 5.41) is 22.1. The van der Waals surface area contributed by atoms with Crippen molar-refractivity contribution in [3.63, 3.8) is 0 Å². The number of aryl methyl sites for hydroxylation is 1. The van der Waals surface area contributed by atoms with Gasteiger partial charge in [0.2, 0.25) is 0 Å². The molecule has 3 N–H and O–H groups in total. The van der Waals surface area contributed by atoms with E-state index in [4.69, 9.17) is 9.84 Å². The molecule has 5 heteroatoms. The molecule has 3 unspecified atom stereocenters. The molecule has 0 aliphatic carbocycles. The van der Waals surface area contributed by atoms with Gasteiger partial charge in [-0.25, -0.2) is 0 Å². The highest BCUT2D eigenvalue weighted by Gasteiger charge is 2.13. The molecule has 1 aromatic carbocycles. The Bertz CT molecular complexity index is 414. The number of hydrogen-bond donors (Lipinski definition) is 3. The number of halogens is 1. The van der Waals surface area contributed by atoms with E-state index in [0.717, 1.165) is 15.8 Å². The van der Waals surface area contributed by atoms with Gasteiger partial charge in [0.05, 0.1) is 4.47 Å². The molecule has 1 rings (SSSR count). The summed E-state index contributed by atoms with van der Waals surface area (Å²) < 4.78 is 6.48. The molecule has 0 aliphatic rings. The maximum Gasteiger partial charge on any atom is 0.133 e. The molecular formula is C15H24BrNO3. The second-order valence-electron chi connectivity index (χ2n) is 5.26. The predicted molar refractivity (Wildman–Crippen MR) is 84.1 cm³/mol. The fourth-order valence-electron chi connectivity index (χ4n) is 1.65.